The molecule has 0 unspecified atom stereocenters. The number of amides is 1. The van der Waals surface area contributed by atoms with Gasteiger partial charge in [-0.1, -0.05) is 66.7 Å². The number of carbonyl (C=O) groups is 1. The highest BCUT2D eigenvalue weighted by molar-refractivity contribution is 6.04. The van der Waals surface area contributed by atoms with Crippen molar-refractivity contribution in [3.63, 3.8) is 0 Å². The lowest BCUT2D eigenvalue weighted by molar-refractivity contribution is 0.0949. The average Bonchev–Trinajstić information content (AvgIpc) is 2.75. The Morgan fingerprint density at radius 1 is 0.821 bits per heavy atom. The molecule has 28 heavy (non-hydrogen) atoms. The minimum absolute atomic E-state index is 0.243. The molecule has 1 aromatic heterocycles. The molecule has 0 aliphatic heterocycles. The molecule has 1 N–H and O–H groups in total. The molecule has 0 atom stereocenters. The second-order valence-corrected chi connectivity index (χ2v) is 6.44. The van der Waals surface area contributed by atoms with Gasteiger partial charge in [0.25, 0.3) is 11.5 Å². The third-order valence-corrected chi connectivity index (χ3v) is 4.56. The molecule has 1 amide bonds. The van der Waals surface area contributed by atoms with Crippen LogP contribution in [-0.2, 0) is 6.42 Å². The number of rotatable bonds is 5. The lowest BCUT2D eigenvalue weighted by Gasteiger charge is -2.11. The number of carbonyl (C=O) groups excluding carboxylic acids is 1. The van der Waals surface area contributed by atoms with Crippen LogP contribution in [0.5, 0.6) is 0 Å². The Morgan fingerprint density at radius 3 is 2.14 bits per heavy atom. The summed E-state index contributed by atoms with van der Waals surface area (Å²) in [7, 11) is 0. The van der Waals surface area contributed by atoms with Crippen LogP contribution >= 0.6 is 0 Å². The van der Waals surface area contributed by atoms with Gasteiger partial charge in [0, 0.05) is 11.9 Å². The van der Waals surface area contributed by atoms with E-state index >= 15 is 0 Å². The summed E-state index contributed by atoms with van der Waals surface area (Å²) >= 11 is 0. The molecule has 138 valence electrons. The van der Waals surface area contributed by atoms with Crippen LogP contribution in [0, 0.1) is 0 Å². The Bertz CT molecular complexity index is 1170. The standard InChI is InChI=1S/C23H19N3O2/c27-22(24-16-15-17-9-3-1-4-10-17)21-19-13-7-8-14-20(19)23(28)26(25-21)18-11-5-2-6-12-18/h1-14H,15-16H2,(H,24,27). The number of benzene rings is 3. The Morgan fingerprint density at radius 2 is 1.43 bits per heavy atom. The highest BCUT2D eigenvalue weighted by Gasteiger charge is 2.17. The van der Waals surface area contributed by atoms with Gasteiger partial charge in [-0.05, 0) is 30.2 Å². The molecular formula is C23H19N3O2. The molecule has 5 nitrogen and oxygen atoms in total. The zero-order valence-corrected chi connectivity index (χ0v) is 15.2. The zero-order chi connectivity index (χ0) is 19.3. The highest BCUT2D eigenvalue weighted by Crippen LogP contribution is 2.15. The largest absolute Gasteiger partial charge is 0.350 e. The van der Waals surface area contributed by atoms with Crippen LogP contribution in [0.3, 0.4) is 0 Å². The molecule has 5 heteroatoms. The maximum atomic E-state index is 12.9. The van der Waals surface area contributed by atoms with E-state index < -0.39 is 0 Å². The number of nitrogens with one attached hydrogen (secondary N) is 1. The second kappa shape index (κ2) is 7.88. The summed E-state index contributed by atoms with van der Waals surface area (Å²) in [5.41, 5.74) is 1.77. The second-order valence-electron chi connectivity index (χ2n) is 6.44. The topological polar surface area (TPSA) is 64.0 Å². The van der Waals surface area contributed by atoms with Gasteiger partial charge in [0.15, 0.2) is 5.69 Å². The van der Waals surface area contributed by atoms with Crippen LogP contribution in [0.1, 0.15) is 16.1 Å². The minimum atomic E-state index is -0.295. The molecule has 4 aromatic rings. The monoisotopic (exact) mass is 369 g/mol. The van der Waals surface area contributed by atoms with E-state index in [0.717, 1.165) is 12.0 Å². The predicted molar refractivity (Wildman–Crippen MR) is 110 cm³/mol. The van der Waals surface area contributed by atoms with Crippen molar-refractivity contribution in [2.24, 2.45) is 0 Å². The molecular weight excluding hydrogens is 350 g/mol. The number of nitrogens with zero attached hydrogens (tertiary/aromatic N) is 2. The van der Waals surface area contributed by atoms with Crippen LogP contribution in [0.4, 0.5) is 0 Å². The van der Waals surface area contributed by atoms with Crippen molar-refractivity contribution >= 4 is 16.7 Å². The summed E-state index contributed by atoms with van der Waals surface area (Å²) < 4.78 is 1.29. The Hall–Kier alpha value is -3.73. The molecule has 0 saturated heterocycles. The smallest absolute Gasteiger partial charge is 0.279 e. The van der Waals surface area contributed by atoms with Gasteiger partial charge in [-0.25, -0.2) is 0 Å². The lowest BCUT2D eigenvalue weighted by Crippen LogP contribution is -2.31. The molecule has 0 spiro atoms. The molecule has 1 heterocycles. The number of fused-ring (bicyclic) bond motifs is 1. The van der Waals surface area contributed by atoms with Crippen molar-refractivity contribution in [3.05, 3.63) is 107 Å². The van der Waals surface area contributed by atoms with Crippen LogP contribution in [-0.4, -0.2) is 22.2 Å². The summed E-state index contributed by atoms with van der Waals surface area (Å²) in [5.74, 6) is -0.295. The first-order valence-electron chi connectivity index (χ1n) is 9.13. The summed E-state index contributed by atoms with van der Waals surface area (Å²) in [6.45, 7) is 0.489. The Balaban J connectivity index is 1.68. The summed E-state index contributed by atoms with van der Waals surface area (Å²) in [5, 5.41) is 8.33. The number of hydrogen-bond donors (Lipinski definition) is 1. The fraction of sp³-hybridized carbons (Fsp3) is 0.0870. The molecule has 0 radical (unpaired) electrons. The van der Waals surface area contributed by atoms with Gasteiger partial charge in [-0.15, -0.1) is 0 Å². The third-order valence-electron chi connectivity index (χ3n) is 4.56. The molecule has 3 aromatic carbocycles. The van der Waals surface area contributed by atoms with Gasteiger partial charge in [-0.2, -0.15) is 9.78 Å². The quantitative estimate of drug-likeness (QED) is 0.587. The van der Waals surface area contributed by atoms with Gasteiger partial charge in [0.1, 0.15) is 0 Å². The fourth-order valence-corrected chi connectivity index (χ4v) is 3.15. The van der Waals surface area contributed by atoms with Crippen molar-refractivity contribution in [1.82, 2.24) is 15.1 Å². The first-order valence-corrected chi connectivity index (χ1v) is 9.13. The molecule has 4 rings (SSSR count). The molecule has 0 saturated carbocycles. The van der Waals surface area contributed by atoms with E-state index in [1.165, 1.54) is 4.68 Å². The van der Waals surface area contributed by atoms with Crippen molar-refractivity contribution in [1.29, 1.82) is 0 Å². The van der Waals surface area contributed by atoms with Crippen molar-refractivity contribution in [2.45, 2.75) is 6.42 Å². The van der Waals surface area contributed by atoms with E-state index in [-0.39, 0.29) is 17.2 Å². The predicted octanol–water partition coefficient (Wildman–Crippen LogP) is 3.36. The first kappa shape index (κ1) is 17.7. The number of para-hydroxylation sites is 1. The highest BCUT2D eigenvalue weighted by atomic mass is 16.2. The van der Waals surface area contributed by atoms with Crippen molar-refractivity contribution in [3.8, 4) is 5.69 Å². The molecule has 0 aliphatic rings. The van der Waals surface area contributed by atoms with E-state index in [2.05, 4.69) is 10.4 Å². The summed E-state index contributed by atoms with van der Waals surface area (Å²) in [4.78, 5) is 25.7. The van der Waals surface area contributed by atoms with Gasteiger partial charge in [-0.3, -0.25) is 9.59 Å². The van der Waals surface area contributed by atoms with Crippen LogP contribution < -0.4 is 10.9 Å². The SMILES string of the molecule is O=C(NCCc1ccccc1)c1nn(-c2ccccc2)c(=O)c2ccccc12. The molecule has 0 aliphatic carbocycles. The lowest BCUT2D eigenvalue weighted by atomic mass is 10.1. The Labute approximate surface area is 162 Å². The molecule has 0 fully saturated rings. The normalized spacial score (nSPS) is 10.7. The van der Waals surface area contributed by atoms with Crippen molar-refractivity contribution < 1.29 is 4.79 Å². The molecule has 0 bridgehead atoms. The van der Waals surface area contributed by atoms with Gasteiger partial charge in [0.2, 0.25) is 0 Å². The maximum absolute atomic E-state index is 12.9. The average molecular weight is 369 g/mol. The van der Waals surface area contributed by atoms with E-state index in [9.17, 15) is 9.59 Å². The fourth-order valence-electron chi connectivity index (χ4n) is 3.15. The van der Waals surface area contributed by atoms with Gasteiger partial charge >= 0.3 is 0 Å². The van der Waals surface area contributed by atoms with Crippen LogP contribution in [0.2, 0.25) is 0 Å². The van der Waals surface area contributed by atoms with E-state index in [1.54, 1.807) is 36.4 Å². The number of hydrogen-bond acceptors (Lipinski definition) is 3. The van der Waals surface area contributed by atoms with Gasteiger partial charge in [0.05, 0.1) is 11.1 Å². The van der Waals surface area contributed by atoms with Gasteiger partial charge < -0.3 is 5.32 Å². The summed E-state index contributed by atoms with van der Waals surface area (Å²) in [6, 6.07) is 26.1. The minimum Gasteiger partial charge on any atom is -0.350 e. The zero-order valence-electron chi connectivity index (χ0n) is 15.2. The summed E-state index contributed by atoms with van der Waals surface area (Å²) in [6.07, 6.45) is 0.725. The first-order chi connectivity index (χ1) is 13.7. The van der Waals surface area contributed by atoms with Crippen LogP contribution in [0.15, 0.2) is 89.7 Å². The van der Waals surface area contributed by atoms with E-state index in [1.807, 2.05) is 48.5 Å². The van der Waals surface area contributed by atoms with E-state index in [4.69, 9.17) is 0 Å². The third kappa shape index (κ3) is 3.55. The Kier molecular flexibility index (Phi) is 4.97. The van der Waals surface area contributed by atoms with E-state index in [0.29, 0.717) is 23.0 Å². The van der Waals surface area contributed by atoms with Crippen molar-refractivity contribution in [2.75, 3.05) is 6.54 Å². The maximum Gasteiger partial charge on any atom is 0.279 e. The number of aromatic nitrogens is 2. The van der Waals surface area contributed by atoms with Crippen LogP contribution in [0.25, 0.3) is 16.5 Å².